The van der Waals surface area contributed by atoms with Crippen molar-refractivity contribution < 1.29 is 13.9 Å². The molecule has 104 valence electrons. The Morgan fingerprint density at radius 3 is 2.89 bits per heavy atom. The first-order chi connectivity index (χ1) is 9.13. The van der Waals surface area contributed by atoms with Gasteiger partial charge in [-0.25, -0.2) is 4.39 Å². The van der Waals surface area contributed by atoms with E-state index in [0.717, 1.165) is 25.8 Å². The number of amides is 1. The lowest BCUT2D eigenvalue weighted by Crippen LogP contribution is -2.47. The van der Waals surface area contributed by atoms with Gasteiger partial charge in [0.1, 0.15) is 11.6 Å². The van der Waals surface area contributed by atoms with Crippen molar-refractivity contribution in [3.8, 4) is 5.75 Å². The molecule has 0 spiro atoms. The van der Waals surface area contributed by atoms with Crippen LogP contribution in [-0.2, 0) is 4.79 Å². The quantitative estimate of drug-likeness (QED) is 0.909. The molecule has 1 saturated heterocycles. The molecule has 1 fully saturated rings. The molecule has 19 heavy (non-hydrogen) atoms. The van der Waals surface area contributed by atoms with Crippen molar-refractivity contribution in [1.29, 1.82) is 0 Å². The van der Waals surface area contributed by atoms with Crippen LogP contribution in [0.4, 0.5) is 10.1 Å². The van der Waals surface area contributed by atoms with E-state index in [1.54, 1.807) is 7.05 Å². The summed E-state index contributed by atoms with van der Waals surface area (Å²) in [4.78, 5) is 13.8. The molecule has 1 N–H and O–H groups in total. The number of ether oxygens (including phenoxy) is 1. The number of rotatable bonds is 3. The number of carbonyl (C=O) groups is 1. The van der Waals surface area contributed by atoms with Crippen LogP contribution in [-0.4, -0.2) is 32.7 Å². The third-order valence-corrected chi connectivity index (χ3v) is 3.44. The number of hydrogen-bond donors (Lipinski definition) is 1. The molecule has 1 aliphatic rings. The number of nitrogens with zero attached hydrogens (tertiary/aromatic N) is 1. The molecule has 1 aliphatic heterocycles. The predicted octanol–water partition coefficient (Wildman–Crippen LogP) is 1.94. The Hall–Kier alpha value is -1.62. The molecule has 0 bridgehead atoms. The van der Waals surface area contributed by atoms with Crippen molar-refractivity contribution in [3.63, 3.8) is 0 Å². The maximum atomic E-state index is 13.3. The Morgan fingerprint density at radius 2 is 2.26 bits per heavy atom. The van der Waals surface area contributed by atoms with E-state index in [1.807, 2.05) is 0 Å². The Balaban J connectivity index is 2.20. The Kier molecular flexibility index (Phi) is 4.37. The Morgan fingerprint density at radius 1 is 1.47 bits per heavy atom. The second kappa shape index (κ2) is 6.02. The summed E-state index contributed by atoms with van der Waals surface area (Å²) in [5.41, 5.74) is 0.458. The van der Waals surface area contributed by atoms with E-state index in [1.165, 1.54) is 30.2 Å². The lowest BCUT2D eigenvalue weighted by atomic mass is 10.0. The maximum absolute atomic E-state index is 13.3. The highest BCUT2D eigenvalue weighted by Crippen LogP contribution is 2.29. The molecular weight excluding hydrogens is 247 g/mol. The molecule has 4 nitrogen and oxygen atoms in total. The molecule has 1 aromatic carbocycles. The van der Waals surface area contributed by atoms with Gasteiger partial charge in [-0.05, 0) is 31.5 Å². The summed E-state index contributed by atoms with van der Waals surface area (Å²) in [6.45, 7) is 0.852. The van der Waals surface area contributed by atoms with Crippen molar-refractivity contribution in [2.75, 3.05) is 25.6 Å². The van der Waals surface area contributed by atoms with Gasteiger partial charge in [0.25, 0.3) is 0 Å². The molecule has 1 aromatic rings. The molecule has 1 amide bonds. The summed E-state index contributed by atoms with van der Waals surface area (Å²) in [5.74, 6) is 0.0590. The smallest absolute Gasteiger partial charge is 0.243 e. The van der Waals surface area contributed by atoms with E-state index in [-0.39, 0.29) is 17.8 Å². The maximum Gasteiger partial charge on any atom is 0.243 e. The SMILES string of the molecule is COc1ccc(F)cc1N(C)C(=O)C1CCCCN1. The topological polar surface area (TPSA) is 41.6 Å². The lowest BCUT2D eigenvalue weighted by Gasteiger charge is -2.28. The Bertz CT molecular complexity index is 459. The standard InChI is InChI=1S/C14H19FN2O2/c1-17(14(18)11-5-3-4-8-16-11)12-9-10(15)6-7-13(12)19-2/h6-7,9,11,16H,3-5,8H2,1-2H3. The molecule has 1 heterocycles. The van der Waals surface area contributed by atoms with Crippen LogP contribution in [0, 0.1) is 5.82 Å². The molecule has 2 rings (SSSR count). The van der Waals surface area contributed by atoms with Gasteiger partial charge in [0.15, 0.2) is 0 Å². The fourth-order valence-corrected chi connectivity index (χ4v) is 2.34. The molecule has 0 radical (unpaired) electrons. The summed E-state index contributed by atoms with van der Waals surface area (Å²) in [7, 11) is 3.16. The third kappa shape index (κ3) is 3.04. The lowest BCUT2D eigenvalue weighted by molar-refractivity contribution is -0.120. The van der Waals surface area contributed by atoms with Crippen LogP contribution >= 0.6 is 0 Å². The Labute approximate surface area is 112 Å². The fraction of sp³-hybridized carbons (Fsp3) is 0.500. The van der Waals surface area contributed by atoms with Gasteiger partial charge in [0.2, 0.25) is 5.91 Å². The van der Waals surface area contributed by atoms with Gasteiger partial charge in [-0.15, -0.1) is 0 Å². The van der Waals surface area contributed by atoms with Crippen molar-refractivity contribution >= 4 is 11.6 Å². The molecule has 1 unspecified atom stereocenters. The summed E-state index contributed by atoms with van der Waals surface area (Å²) in [5, 5.41) is 3.20. The highest BCUT2D eigenvalue weighted by molar-refractivity contribution is 5.98. The van der Waals surface area contributed by atoms with E-state index in [2.05, 4.69) is 5.32 Å². The minimum Gasteiger partial charge on any atom is -0.495 e. The second-order valence-electron chi connectivity index (χ2n) is 4.72. The van der Waals surface area contributed by atoms with Crippen LogP contribution in [0.2, 0.25) is 0 Å². The van der Waals surface area contributed by atoms with E-state index < -0.39 is 0 Å². The minimum absolute atomic E-state index is 0.0522. The van der Waals surface area contributed by atoms with E-state index in [4.69, 9.17) is 4.74 Å². The van der Waals surface area contributed by atoms with Gasteiger partial charge in [-0.3, -0.25) is 4.79 Å². The summed E-state index contributed by atoms with van der Waals surface area (Å²) >= 11 is 0. The van der Waals surface area contributed by atoms with Gasteiger partial charge >= 0.3 is 0 Å². The molecule has 5 heteroatoms. The van der Waals surface area contributed by atoms with Gasteiger partial charge in [0.05, 0.1) is 18.8 Å². The van der Waals surface area contributed by atoms with Gasteiger partial charge in [-0.2, -0.15) is 0 Å². The zero-order valence-corrected chi connectivity index (χ0v) is 11.3. The largest absolute Gasteiger partial charge is 0.495 e. The summed E-state index contributed by atoms with van der Waals surface area (Å²) in [6.07, 6.45) is 2.95. The van der Waals surface area contributed by atoms with Crippen molar-refractivity contribution in [1.82, 2.24) is 5.32 Å². The first kappa shape index (κ1) is 13.8. The first-order valence-electron chi connectivity index (χ1n) is 6.48. The van der Waals surface area contributed by atoms with Crippen LogP contribution in [0.5, 0.6) is 5.75 Å². The predicted molar refractivity (Wildman–Crippen MR) is 72.0 cm³/mol. The summed E-state index contributed by atoms with van der Waals surface area (Å²) in [6, 6.07) is 3.98. The van der Waals surface area contributed by atoms with Crippen molar-refractivity contribution in [3.05, 3.63) is 24.0 Å². The van der Waals surface area contributed by atoms with E-state index in [0.29, 0.717) is 11.4 Å². The average molecular weight is 266 g/mol. The zero-order chi connectivity index (χ0) is 13.8. The van der Waals surface area contributed by atoms with Crippen molar-refractivity contribution in [2.24, 2.45) is 0 Å². The number of nitrogens with one attached hydrogen (secondary N) is 1. The first-order valence-corrected chi connectivity index (χ1v) is 6.48. The van der Waals surface area contributed by atoms with E-state index >= 15 is 0 Å². The normalized spacial score (nSPS) is 19.0. The third-order valence-electron chi connectivity index (χ3n) is 3.44. The van der Waals surface area contributed by atoms with E-state index in [9.17, 15) is 9.18 Å². The van der Waals surface area contributed by atoms with Crippen LogP contribution in [0.15, 0.2) is 18.2 Å². The number of halogens is 1. The number of hydrogen-bond acceptors (Lipinski definition) is 3. The minimum atomic E-state index is -0.382. The van der Waals surface area contributed by atoms with Gasteiger partial charge in [0, 0.05) is 13.1 Å². The highest BCUT2D eigenvalue weighted by Gasteiger charge is 2.26. The fourth-order valence-electron chi connectivity index (χ4n) is 2.34. The van der Waals surface area contributed by atoms with Crippen LogP contribution in [0.3, 0.4) is 0 Å². The number of methoxy groups -OCH3 is 1. The molecule has 1 atom stereocenters. The van der Waals surface area contributed by atoms with Gasteiger partial charge < -0.3 is 15.0 Å². The molecular formula is C14H19FN2O2. The van der Waals surface area contributed by atoms with Gasteiger partial charge in [-0.1, -0.05) is 6.42 Å². The molecule has 0 saturated carbocycles. The number of carbonyl (C=O) groups excluding carboxylic acids is 1. The number of anilines is 1. The number of piperidine rings is 1. The van der Waals surface area contributed by atoms with Crippen LogP contribution in [0.1, 0.15) is 19.3 Å². The number of benzene rings is 1. The molecule has 0 aliphatic carbocycles. The summed E-state index contributed by atoms with van der Waals surface area (Å²) < 4.78 is 18.5. The zero-order valence-electron chi connectivity index (χ0n) is 11.3. The van der Waals surface area contributed by atoms with Crippen LogP contribution in [0.25, 0.3) is 0 Å². The highest BCUT2D eigenvalue weighted by atomic mass is 19.1. The second-order valence-corrected chi connectivity index (χ2v) is 4.72. The average Bonchev–Trinajstić information content (AvgIpc) is 2.46. The monoisotopic (exact) mass is 266 g/mol. The number of likely N-dealkylation sites (N-methyl/N-ethyl adjacent to an activating group) is 1. The van der Waals surface area contributed by atoms with Crippen molar-refractivity contribution in [2.45, 2.75) is 25.3 Å². The van der Waals surface area contributed by atoms with Crippen LogP contribution < -0.4 is 15.0 Å². The molecule has 0 aromatic heterocycles.